The highest BCUT2D eigenvalue weighted by molar-refractivity contribution is 9.10. The fourth-order valence-electron chi connectivity index (χ4n) is 2.92. The second kappa shape index (κ2) is 11.5. The molecule has 3 aromatic rings. The Balaban J connectivity index is 1.73. The first-order chi connectivity index (χ1) is 15.8. The summed E-state index contributed by atoms with van der Waals surface area (Å²) in [6.07, 6.45) is 1.36. The van der Waals surface area contributed by atoms with Gasteiger partial charge in [-0.25, -0.2) is 9.37 Å². The molecule has 11 heteroatoms. The van der Waals surface area contributed by atoms with Gasteiger partial charge in [0.2, 0.25) is 0 Å². The average Bonchev–Trinajstić information content (AvgIpc) is 3.16. The third-order valence-corrected chi connectivity index (χ3v) is 5.56. The fourth-order valence-corrected chi connectivity index (χ4v) is 3.82. The molecule has 0 fully saturated rings. The summed E-state index contributed by atoms with van der Waals surface area (Å²) in [6.45, 7) is 0.447. The smallest absolute Gasteiger partial charge is 0.272 e. The number of H-pyrrole nitrogens is 1. The molecule has 0 saturated carbocycles. The number of aromatic nitrogens is 2. The first-order valence-corrected chi connectivity index (χ1v) is 11.2. The second-order valence-electron chi connectivity index (χ2n) is 6.86. The number of hydrogen-bond donors (Lipinski definition) is 2. The topological polar surface area (TPSA) is 100 Å². The van der Waals surface area contributed by atoms with Crippen LogP contribution in [-0.4, -0.2) is 29.6 Å². The van der Waals surface area contributed by atoms with E-state index in [1.807, 2.05) is 6.07 Å². The lowest BCUT2D eigenvalue weighted by Crippen LogP contribution is -2.24. The van der Waals surface area contributed by atoms with Crippen LogP contribution in [0.5, 0.6) is 11.5 Å². The van der Waals surface area contributed by atoms with E-state index < -0.39 is 11.7 Å². The van der Waals surface area contributed by atoms with Crippen LogP contribution < -0.4 is 10.1 Å². The number of nitriles is 1. The molecule has 1 heterocycles. The molecule has 0 saturated heterocycles. The van der Waals surface area contributed by atoms with Crippen molar-refractivity contribution >= 4 is 45.0 Å². The summed E-state index contributed by atoms with van der Waals surface area (Å²) in [5.74, 6) is -0.682. The average molecular weight is 556 g/mol. The monoisotopic (exact) mass is 554 g/mol. The van der Waals surface area contributed by atoms with Crippen LogP contribution in [0, 0.1) is 17.1 Å². The Morgan fingerprint density at radius 1 is 1.33 bits per heavy atom. The fraction of sp³-hybridized carbons (Fsp3) is 0.227. The van der Waals surface area contributed by atoms with Gasteiger partial charge in [-0.1, -0.05) is 29.3 Å². The highest BCUT2D eigenvalue weighted by atomic mass is 79.9. The van der Waals surface area contributed by atoms with Crippen LogP contribution in [0.25, 0.3) is 0 Å². The minimum atomic E-state index is -0.748. The van der Waals surface area contributed by atoms with Crippen molar-refractivity contribution in [2.45, 2.75) is 19.4 Å². The van der Waals surface area contributed by atoms with Crippen molar-refractivity contribution in [3.05, 3.63) is 73.4 Å². The van der Waals surface area contributed by atoms with Crippen molar-refractivity contribution in [2.24, 2.45) is 0 Å². The third kappa shape index (κ3) is 6.45. The minimum Gasteiger partial charge on any atom is -0.453 e. The molecule has 0 spiro atoms. The summed E-state index contributed by atoms with van der Waals surface area (Å²) >= 11 is 15.4. The molecule has 0 aliphatic rings. The molecule has 3 rings (SSSR count). The van der Waals surface area contributed by atoms with Gasteiger partial charge in [-0.15, -0.1) is 0 Å². The Labute approximate surface area is 207 Å². The van der Waals surface area contributed by atoms with Crippen LogP contribution in [0.1, 0.15) is 33.9 Å². The zero-order chi connectivity index (χ0) is 24.0. The molecule has 1 amide bonds. The number of halogens is 4. The van der Waals surface area contributed by atoms with Gasteiger partial charge in [-0.3, -0.25) is 4.79 Å². The van der Waals surface area contributed by atoms with Crippen molar-refractivity contribution in [3.8, 4) is 17.6 Å². The SMILES string of the molecule is COCCCc1nc(C(=O)NCc2ccc(Cl)c(Oc3cc(Cl)cc(C#N)c3)c2F)c(Br)[nH]1. The van der Waals surface area contributed by atoms with Crippen LogP contribution in [-0.2, 0) is 17.7 Å². The predicted octanol–water partition coefficient (Wildman–Crippen LogP) is 5.79. The van der Waals surface area contributed by atoms with Crippen molar-refractivity contribution in [3.63, 3.8) is 0 Å². The molecule has 0 bridgehead atoms. The van der Waals surface area contributed by atoms with E-state index in [0.717, 1.165) is 6.42 Å². The summed E-state index contributed by atoms with van der Waals surface area (Å²) in [5.41, 5.74) is 0.567. The van der Waals surface area contributed by atoms with E-state index in [1.165, 1.54) is 30.3 Å². The number of carbonyl (C=O) groups excluding carboxylic acids is 1. The zero-order valence-corrected chi connectivity index (χ0v) is 20.4. The van der Waals surface area contributed by atoms with Gasteiger partial charge in [-0.05, 0) is 46.6 Å². The van der Waals surface area contributed by atoms with Crippen molar-refractivity contribution in [1.82, 2.24) is 15.3 Å². The van der Waals surface area contributed by atoms with Crippen LogP contribution >= 0.6 is 39.1 Å². The number of hydrogen-bond acceptors (Lipinski definition) is 5. The maximum Gasteiger partial charge on any atom is 0.272 e. The van der Waals surface area contributed by atoms with Crippen molar-refractivity contribution < 1.29 is 18.7 Å². The molecule has 2 aromatic carbocycles. The number of amides is 1. The van der Waals surface area contributed by atoms with E-state index >= 15 is 4.39 Å². The molecular weight excluding hydrogens is 538 g/mol. The largest absolute Gasteiger partial charge is 0.453 e. The lowest BCUT2D eigenvalue weighted by Gasteiger charge is -2.13. The Hall–Kier alpha value is -2.64. The number of aromatic amines is 1. The van der Waals surface area contributed by atoms with E-state index in [1.54, 1.807) is 7.11 Å². The lowest BCUT2D eigenvalue weighted by molar-refractivity contribution is 0.0945. The quantitative estimate of drug-likeness (QED) is 0.325. The van der Waals surface area contributed by atoms with Gasteiger partial charge in [0, 0.05) is 37.3 Å². The first-order valence-electron chi connectivity index (χ1n) is 9.69. The number of methoxy groups -OCH3 is 1. The van der Waals surface area contributed by atoms with Crippen LogP contribution in [0.15, 0.2) is 34.9 Å². The number of benzene rings is 2. The number of ether oxygens (including phenoxy) is 2. The molecule has 1 aromatic heterocycles. The number of aryl methyl sites for hydroxylation is 1. The van der Waals surface area contributed by atoms with E-state index in [2.05, 4.69) is 31.2 Å². The van der Waals surface area contributed by atoms with Gasteiger partial charge in [0.15, 0.2) is 17.3 Å². The van der Waals surface area contributed by atoms with Crippen molar-refractivity contribution in [1.29, 1.82) is 5.26 Å². The normalized spacial score (nSPS) is 10.7. The molecule has 0 aliphatic carbocycles. The zero-order valence-electron chi connectivity index (χ0n) is 17.3. The van der Waals surface area contributed by atoms with Gasteiger partial charge in [0.25, 0.3) is 5.91 Å². The maximum atomic E-state index is 15.1. The van der Waals surface area contributed by atoms with Gasteiger partial charge in [0.1, 0.15) is 16.2 Å². The standard InChI is InChI=1S/C22H18BrCl2FN4O3/c1-32-6-2-3-17-29-19(21(23)30-17)22(31)28-11-13-4-5-16(25)20(18(13)26)33-15-8-12(10-27)7-14(24)9-15/h4-5,7-9H,2-3,6,11H2,1H3,(H,28,31)(H,29,30). The summed E-state index contributed by atoms with van der Waals surface area (Å²) < 4.78 is 26.1. The molecule has 0 radical (unpaired) electrons. The van der Waals surface area contributed by atoms with Gasteiger partial charge in [-0.2, -0.15) is 5.26 Å². The Morgan fingerprint density at radius 2 is 2.12 bits per heavy atom. The summed E-state index contributed by atoms with van der Waals surface area (Å²) in [6, 6.07) is 9.15. The number of carbonyl (C=O) groups is 1. The maximum absolute atomic E-state index is 15.1. The van der Waals surface area contributed by atoms with Crippen LogP contribution in [0.4, 0.5) is 4.39 Å². The number of rotatable bonds is 9. The van der Waals surface area contributed by atoms with Crippen LogP contribution in [0.3, 0.4) is 0 Å². The third-order valence-electron chi connectivity index (χ3n) is 4.47. The predicted molar refractivity (Wildman–Crippen MR) is 125 cm³/mol. The molecule has 0 aliphatic heterocycles. The van der Waals surface area contributed by atoms with Crippen molar-refractivity contribution in [2.75, 3.05) is 13.7 Å². The van der Waals surface area contributed by atoms with E-state index in [9.17, 15) is 4.79 Å². The summed E-state index contributed by atoms with van der Waals surface area (Å²) in [5, 5.41) is 12.0. The minimum absolute atomic E-state index is 0.0248. The Kier molecular flexibility index (Phi) is 8.69. The van der Waals surface area contributed by atoms with E-state index in [0.29, 0.717) is 23.5 Å². The summed E-state index contributed by atoms with van der Waals surface area (Å²) in [7, 11) is 1.61. The lowest BCUT2D eigenvalue weighted by atomic mass is 10.2. The molecule has 172 valence electrons. The van der Waals surface area contributed by atoms with E-state index in [4.69, 9.17) is 37.9 Å². The molecule has 7 nitrogen and oxygen atoms in total. The molecule has 2 N–H and O–H groups in total. The molecule has 33 heavy (non-hydrogen) atoms. The highest BCUT2D eigenvalue weighted by Gasteiger charge is 2.19. The first kappa shape index (κ1) is 25.0. The Morgan fingerprint density at radius 3 is 2.85 bits per heavy atom. The van der Waals surface area contributed by atoms with E-state index in [-0.39, 0.29) is 44.9 Å². The van der Waals surface area contributed by atoms with Gasteiger partial charge < -0.3 is 19.8 Å². The van der Waals surface area contributed by atoms with Crippen LogP contribution in [0.2, 0.25) is 10.0 Å². The van der Waals surface area contributed by atoms with Gasteiger partial charge in [0.05, 0.1) is 16.7 Å². The highest BCUT2D eigenvalue weighted by Crippen LogP contribution is 2.35. The Bertz CT molecular complexity index is 1210. The van der Waals surface area contributed by atoms with Gasteiger partial charge >= 0.3 is 0 Å². The molecular formula is C22H18BrCl2FN4O3. The summed E-state index contributed by atoms with van der Waals surface area (Å²) in [4.78, 5) is 19.8. The molecule has 0 atom stereocenters. The second-order valence-corrected chi connectivity index (χ2v) is 8.50. The number of nitrogens with zero attached hydrogens (tertiary/aromatic N) is 2. The number of imidazole rings is 1. The number of nitrogens with one attached hydrogen (secondary N) is 2. The molecule has 0 unspecified atom stereocenters.